The van der Waals surface area contributed by atoms with Crippen molar-refractivity contribution >= 4 is 11.9 Å². The maximum atomic E-state index is 13.6. The van der Waals surface area contributed by atoms with Crippen molar-refractivity contribution in [2.24, 2.45) is 0 Å². The molecule has 11 heteroatoms. The van der Waals surface area contributed by atoms with E-state index < -0.39 is 0 Å². The molecular formula is C26H27N7O4. The van der Waals surface area contributed by atoms with Crippen molar-refractivity contribution < 1.29 is 19.1 Å². The highest BCUT2D eigenvalue weighted by atomic mass is 16.5. The lowest BCUT2D eigenvalue weighted by Gasteiger charge is -2.46. The fourth-order valence-corrected chi connectivity index (χ4v) is 6.06. The molecule has 11 nitrogen and oxygen atoms in total. The smallest absolute Gasteiger partial charge is 0.338 e. The van der Waals surface area contributed by atoms with E-state index >= 15 is 0 Å². The minimum absolute atomic E-state index is 0.0380. The number of tetrazole rings is 1. The highest BCUT2D eigenvalue weighted by molar-refractivity contribution is 5.92. The first-order chi connectivity index (χ1) is 18.1. The van der Waals surface area contributed by atoms with Crippen molar-refractivity contribution in [1.29, 1.82) is 0 Å². The Morgan fingerprint density at radius 3 is 2.92 bits per heavy atom. The number of cyclic esters (lactones) is 1. The van der Waals surface area contributed by atoms with Gasteiger partial charge in [-0.3, -0.25) is 9.69 Å². The molecule has 3 atom stereocenters. The van der Waals surface area contributed by atoms with E-state index in [1.807, 2.05) is 29.2 Å². The van der Waals surface area contributed by atoms with Gasteiger partial charge in [-0.25, -0.2) is 9.78 Å². The van der Waals surface area contributed by atoms with Crippen molar-refractivity contribution in [2.75, 3.05) is 39.4 Å². The number of piperazine rings is 1. The molecule has 190 valence electrons. The predicted molar refractivity (Wildman–Crippen MR) is 129 cm³/mol. The SMILES string of the molecule is O=C1OCCc2cc(C3CN4CCN(C(=O)C5CCc6nc(-n7cnnn7)ccc65)CC4CO3)ccc21. The predicted octanol–water partition coefficient (Wildman–Crippen LogP) is 1.08. The van der Waals surface area contributed by atoms with Gasteiger partial charge in [-0.2, -0.15) is 4.68 Å². The number of benzene rings is 1. The van der Waals surface area contributed by atoms with Crippen LogP contribution in [0, 0.1) is 0 Å². The molecule has 0 N–H and O–H groups in total. The lowest BCUT2D eigenvalue weighted by atomic mass is 9.96. The number of hydrogen-bond acceptors (Lipinski definition) is 9. The Hall–Kier alpha value is -3.70. The van der Waals surface area contributed by atoms with Crippen molar-refractivity contribution in [3.05, 3.63) is 64.6 Å². The van der Waals surface area contributed by atoms with Crippen molar-refractivity contribution in [3.8, 4) is 5.82 Å². The van der Waals surface area contributed by atoms with Gasteiger partial charge in [-0.15, -0.1) is 5.10 Å². The standard InChI is InChI=1S/C26H27N7O4/c34-25(21-3-5-22-20(21)4-6-24(28-22)33-15-27-29-30-33)32-9-8-31-13-23(37-14-18(31)12-32)17-1-2-19-16(11-17)7-10-36-26(19)35/h1-2,4,6,11,15,18,21,23H,3,5,7-10,12-14H2. The number of aromatic nitrogens is 5. The Morgan fingerprint density at radius 2 is 2.03 bits per heavy atom. The Labute approximate surface area is 213 Å². The molecule has 3 aromatic rings. The molecule has 2 aromatic heterocycles. The van der Waals surface area contributed by atoms with E-state index in [4.69, 9.17) is 14.5 Å². The molecule has 37 heavy (non-hydrogen) atoms. The molecule has 0 radical (unpaired) electrons. The van der Waals surface area contributed by atoms with Crippen LogP contribution in [0.3, 0.4) is 0 Å². The third kappa shape index (κ3) is 3.98. The van der Waals surface area contributed by atoms with Gasteiger partial charge in [0, 0.05) is 38.3 Å². The first kappa shape index (κ1) is 22.5. The van der Waals surface area contributed by atoms with Crippen molar-refractivity contribution in [3.63, 3.8) is 0 Å². The van der Waals surface area contributed by atoms with E-state index in [0.717, 1.165) is 54.7 Å². The summed E-state index contributed by atoms with van der Waals surface area (Å²) in [4.78, 5) is 34.7. The Kier molecular flexibility index (Phi) is 5.47. The van der Waals surface area contributed by atoms with E-state index in [0.29, 0.717) is 37.7 Å². The van der Waals surface area contributed by atoms with Gasteiger partial charge in [0.1, 0.15) is 6.33 Å². The molecule has 7 rings (SSSR count). The number of esters is 1. The molecule has 3 unspecified atom stereocenters. The number of morpholine rings is 1. The van der Waals surface area contributed by atoms with Gasteiger partial charge < -0.3 is 14.4 Å². The second-order valence-corrected chi connectivity index (χ2v) is 10.1. The summed E-state index contributed by atoms with van der Waals surface area (Å²) < 4.78 is 13.0. The summed E-state index contributed by atoms with van der Waals surface area (Å²) in [6.45, 7) is 3.99. The summed E-state index contributed by atoms with van der Waals surface area (Å²) in [6.07, 6.45) is 3.77. The second kappa shape index (κ2) is 9.00. The average molecular weight is 502 g/mol. The largest absolute Gasteiger partial charge is 0.462 e. The zero-order valence-electron chi connectivity index (χ0n) is 20.3. The van der Waals surface area contributed by atoms with Gasteiger partial charge in [0.15, 0.2) is 5.82 Å². The van der Waals surface area contributed by atoms with Gasteiger partial charge >= 0.3 is 5.97 Å². The van der Waals surface area contributed by atoms with Gasteiger partial charge in [0.2, 0.25) is 5.91 Å². The number of amides is 1. The number of ether oxygens (including phenoxy) is 2. The number of rotatable bonds is 3. The summed E-state index contributed by atoms with van der Waals surface area (Å²) in [5.41, 5.74) is 4.76. The summed E-state index contributed by atoms with van der Waals surface area (Å²) in [7, 11) is 0. The van der Waals surface area contributed by atoms with Crippen molar-refractivity contribution in [2.45, 2.75) is 37.3 Å². The molecule has 0 spiro atoms. The van der Waals surface area contributed by atoms with Gasteiger partial charge in [-0.1, -0.05) is 18.2 Å². The third-order valence-corrected chi connectivity index (χ3v) is 8.05. The monoisotopic (exact) mass is 501 g/mol. The van der Waals surface area contributed by atoms with Crippen LogP contribution in [-0.2, 0) is 27.1 Å². The van der Waals surface area contributed by atoms with Crippen LogP contribution in [0.15, 0.2) is 36.7 Å². The molecule has 0 saturated carbocycles. The molecule has 1 aliphatic carbocycles. The number of aryl methyl sites for hydroxylation is 1. The highest BCUT2D eigenvalue weighted by Crippen LogP contribution is 2.35. The van der Waals surface area contributed by atoms with Crippen LogP contribution in [0.1, 0.15) is 51.2 Å². The Morgan fingerprint density at radius 1 is 1.08 bits per heavy atom. The van der Waals surface area contributed by atoms with Crippen LogP contribution in [0.2, 0.25) is 0 Å². The maximum absolute atomic E-state index is 13.6. The maximum Gasteiger partial charge on any atom is 0.338 e. The summed E-state index contributed by atoms with van der Waals surface area (Å²) in [6, 6.07) is 9.99. The molecule has 5 heterocycles. The minimum Gasteiger partial charge on any atom is -0.462 e. The molecule has 1 amide bonds. The number of carbonyl (C=O) groups excluding carboxylic acids is 2. The van der Waals surface area contributed by atoms with E-state index in [2.05, 4.69) is 26.5 Å². The van der Waals surface area contributed by atoms with Crippen molar-refractivity contribution in [1.82, 2.24) is 35.0 Å². The van der Waals surface area contributed by atoms with Gasteiger partial charge in [0.25, 0.3) is 0 Å². The minimum atomic E-state index is -0.244. The van der Waals surface area contributed by atoms with Crippen LogP contribution in [0.5, 0.6) is 0 Å². The zero-order chi connectivity index (χ0) is 24.9. The van der Waals surface area contributed by atoms with Crippen LogP contribution in [-0.4, -0.2) is 92.3 Å². The molecule has 2 saturated heterocycles. The number of fused-ring (bicyclic) bond motifs is 3. The van der Waals surface area contributed by atoms with E-state index in [-0.39, 0.29) is 29.9 Å². The van der Waals surface area contributed by atoms with Crippen LogP contribution in [0.4, 0.5) is 0 Å². The van der Waals surface area contributed by atoms with Crippen LogP contribution < -0.4 is 0 Å². The molecule has 2 fully saturated rings. The molecule has 1 aromatic carbocycles. The number of pyridine rings is 1. The Balaban J connectivity index is 1.01. The van der Waals surface area contributed by atoms with E-state index in [1.165, 1.54) is 11.0 Å². The quantitative estimate of drug-likeness (QED) is 0.486. The lowest BCUT2D eigenvalue weighted by molar-refractivity contribution is -0.141. The summed E-state index contributed by atoms with van der Waals surface area (Å²) >= 11 is 0. The first-order valence-electron chi connectivity index (χ1n) is 12.8. The first-order valence-corrected chi connectivity index (χ1v) is 12.8. The van der Waals surface area contributed by atoms with Gasteiger partial charge in [0.05, 0.1) is 36.8 Å². The molecular weight excluding hydrogens is 474 g/mol. The summed E-state index contributed by atoms with van der Waals surface area (Å²) in [5.74, 6) is 0.445. The lowest BCUT2D eigenvalue weighted by Crippen LogP contribution is -2.60. The van der Waals surface area contributed by atoms with E-state index in [1.54, 1.807) is 0 Å². The number of carbonyl (C=O) groups is 2. The zero-order valence-corrected chi connectivity index (χ0v) is 20.3. The number of nitrogens with zero attached hydrogens (tertiary/aromatic N) is 7. The molecule has 0 bridgehead atoms. The molecule has 4 aliphatic rings. The fraction of sp³-hybridized carbons (Fsp3) is 0.462. The third-order valence-electron chi connectivity index (χ3n) is 8.05. The number of hydrogen-bond donors (Lipinski definition) is 0. The topological polar surface area (TPSA) is 116 Å². The van der Waals surface area contributed by atoms with Gasteiger partial charge in [-0.05, 0) is 52.1 Å². The normalized spacial score (nSPS) is 25.2. The average Bonchev–Trinajstić information content (AvgIpc) is 3.62. The summed E-state index contributed by atoms with van der Waals surface area (Å²) in [5, 5.41) is 11.3. The van der Waals surface area contributed by atoms with Crippen LogP contribution >= 0.6 is 0 Å². The Bertz CT molecular complexity index is 1360. The van der Waals surface area contributed by atoms with E-state index in [9.17, 15) is 9.59 Å². The molecule has 3 aliphatic heterocycles. The second-order valence-electron chi connectivity index (χ2n) is 10.1. The fourth-order valence-electron chi connectivity index (χ4n) is 6.06. The van der Waals surface area contributed by atoms with Crippen LogP contribution in [0.25, 0.3) is 5.82 Å². The highest BCUT2D eigenvalue weighted by Gasteiger charge is 2.39.